The van der Waals surface area contributed by atoms with Gasteiger partial charge in [-0.25, -0.2) is 4.39 Å². The second-order valence-electron chi connectivity index (χ2n) is 6.57. The van der Waals surface area contributed by atoms with Crippen molar-refractivity contribution in [2.24, 2.45) is 0 Å². The summed E-state index contributed by atoms with van der Waals surface area (Å²) >= 11 is 1.17. The maximum absolute atomic E-state index is 12.9. The van der Waals surface area contributed by atoms with Crippen LogP contribution in [0.1, 0.15) is 12.5 Å². The van der Waals surface area contributed by atoms with Crippen LogP contribution in [0.25, 0.3) is 0 Å². The van der Waals surface area contributed by atoms with Gasteiger partial charge in [0.25, 0.3) is 0 Å². The highest BCUT2D eigenvalue weighted by atomic mass is 32.2. The molecule has 0 spiro atoms. The minimum Gasteiger partial charge on any atom is -0.493 e. The predicted octanol–water partition coefficient (Wildman–Crippen LogP) is 4.15. The molecule has 0 aromatic heterocycles. The number of alkyl halides is 2. The van der Waals surface area contributed by atoms with Crippen molar-refractivity contribution in [3.63, 3.8) is 0 Å². The zero-order valence-electron chi connectivity index (χ0n) is 17.2. The highest BCUT2D eigenvalue weighted by molar-refractivity contribution is 8.01. The van der Waals surface area contributed by atoms with Gasteiger partial charge >= 0.3 is 6.61 Å². The number of benzene rings is 2. The molecule has 10 heteroatoms. The normalized spacial score (nSPS) is 11.7. The average molecular weight is 456 g/mol. The Balaban J connectivity index is 1.87. The van der Waals surface area contributed by atoms with E-state index in [2.05, 4.69) is 10.1 Å². The molecule has 31 heavy (non-hydrogen) atoms. The molecule has 0 aliphatic carbocycles. The summed E-state index contributed by atoms with van der Waals surface area (Å²) in [6, 6.07) is 9.83. The minimum atomic E-state index is -2.97. The number of hydrogen-bond donors (Lipinski definition) is 1. The Kier molecular flexibility index (Phi) is 9.04. The Hall–Kier alpha value is -2.88. The standard InChI is InChI=1S/C21H23F3N2O4S/c1-13(31-12-19(27)25-16-7-5-15(22)6-8-16)20(28)26(2)11-14-4-9-17(30-21(23)24)18(10-14)29-3/h4-10,13,21H,11-12H2,1-3H3,(H,25,27). The van der Waals surface area contributed by atoms with E-state index in [9.17, 15) is 22.8 Å². The van der Waals surface area contributed by atoms with Crippen molar-refractivity contribution in [2.45, 2.75) is 25.3 Å². The first kappa shape index (κ1) is 24.4. The molecule has 2 aromatic rings. The van der Waals surface area contributed by atoms with Crippen LogP contribution in [0.15, 0.2) is 42.5 Å². The third kappa shape index (κ3) is 7.71. The summed E-state index contributed by atoms with van der Waals surface area (Å²) in [5.74, 6) is -0.816. The van der Waals surface area contributed by atoms with E-state index in [1.807, 2.05) is 0 Å². The fourth-order valence-corrected chi connectivity index (χ4v) is 3.46. The van der Waals surface area contributed by atoms with Crippen LogP contribution >= 0.6 is 11.8 Å². The molecular weight excluding hydrogens is 433 g/mol. The van der Waals surface area contributed by atoms with Crippen molar-refractivity contribution >= 4 is 29.3 Å². The molecule has 2 amide bonds. The van der Waals surface area contributed by atoms with Gasteiger partial charge in [-0.2, -0.15) is 8.78 Å². The molecule has 0 fully saturated rings. The van der Waals surface area contributed by atoms with Crippen molar-refractivity contribution in [2.75, 3.05) is 25.2 Å². The van der Waals surface area contributed by atoms with E-state index in [1.54, 1.807) is 20.0 Å². The Morgan fingerprint density at radius 1 is 1.13 bits per heavy atom. The molecule has 0 radical (unpaired) electrons. The number of thioether (sulfide) groups is 1. The lowest BCUT2D eigenvalue weighted by Gasteiger charge is -2.22. The quantitative estimate of drug-likeness (QED) is 0.582. The number of ether oxygens (including phenoxy) is 2. The Labute approximate surface area is 182 Å². The minimum absolute atomic E-state index is 0.0472. The fraction of sp³-hybridized carbons (Fsp3) is 0.333. The molecule has 0 aliphatic heterocycles. The van der Waals surface area contributed by atoms with Gasteiger partial charge in [-0.15, -0.1) is 11.8 Å². The van der Waals surface area contributed by atoms with Gasteiger partial charge in [0.15, 0.2) is 11.5 Å². The van der Waals surface area contributed by atoms with Crippen LogP contribution in [0.4, 0.5) is 18.9 Å². The SMILES string of the molecule is COc1cc(CN(C)C(=O)C(C)SCC(=O)Nc2ccc(F)cc2)ccc1OC(F)F. The third-order valence-electron chi connectivity index (χ3n) is 4.18. The summed E-state index contributed by atoms with van der Waals surface area (Å²) in [7, 11) is 2.94. The molecular formula is C21H23F3N2O4S. The van der Waals surface area contributed by atoms with Crippen LogP contribution in [-0.4, -0.2) is 48.5 Å². The summed E-state index contributed by atoms with van der Waals surface area (Å²) in [5.41, 5.74) is 1.14. The number of nitrogens with zero attached hydrogens (tertiary/aromatic N) is 1. The number of nitrogens with one attached hydrogen (secondary N) is 1. The van der Waals surface area contributed by atoms with E-state index >= 15 is 0 Å². The molecule has 1 N–H and O–H groups in total. The Morgan fingerprint density at radius 2 is 1.81 bits per heavy atom. The van der Waals surface area contributed by atoms with Crippen LogP contribution in [0.2, 0.25) is 0 Å². The largest absolute Gasteiger partial charge is 0.493 e. The van der Waals surface area contributed by atoms with Gasteiger partial charge in [0.2, 0.25) is 11.8 Å². The summed E-state index contributed by atoms with van der Waals surface area (Å²) in [6.07, 6.45) is 0. The van der Waals surface area contributed by atoms with E-state index < -0.39 is 17.7 Å². The molecule has 1 atom stereocenters. The Morgan fingerprint density at radius 3 is 2.42 bits per heavy atom. The van der Waals surface area contributed by atoms with Crippen molar-refractivity contribution in [1.29, 1.82) is 0 Å². The molecule has 2 aromatic carbocycles. The van der Waals surface area contributed by atoms with Crippen LogP contribution in [0.3, 0.4) is 0 Å². The van der Waals surface area contributed by atoms with Gasteiger partial charge in [0, 0.05) is 19.3 Å². The van der Waals surface area contributed by atoms with E-state index in [0.29, 0.717) is 11.3 Å². The molecule has 2 rings (SSSR count). The lowest BCUT2D eigenvalue weighted by Crippen LogP contribution is -2.33. The summed E-state index contributed by atoms with van der Waals surface area (Å²) in [4.78, 5) is 26.1. The lowest BCUT2D eigenvalue weighted by atomic mass is 10.2. The van der Waals surface area contributed by atoms with E-state index in [-0.39, 0.29) is 35.6 Å². The maximum atomic E-state index is 12.9. The number of rotatable bonds is 10. The highest BCUT2D eigenvalue weighted by Gasteiger charge is 2.20. The number of carbonyl (C=O) groups excluding carboxylic acids is 2. The maximum Gasteiger partial charge on any atom is 0.387 e. The molecule has 0 bridgehead atoms. The summed E-state index contributed by atoms with van der Waals surface area (Å²) in [5, 5.41) is 2.14. The number of amides is 2. The topological polar surface area (TPSA) is 67.9 Å². The van der Waals surface area contributed by atoms with Crippen LogP contribution in [0.5, 0.6) is 11.5 Å². The van der Waals surface area contributed by atoms with Crippen LogP contribution < -0.4 is 14.8 Å². The lowest BCUT2D eigenvalue weighted by molar-refractivity contribution is -0.129. The molecule has 0 aliphatic rings. The summed E-state index contributed by atoms with van der Waals surface area (Å²) < 4.78 is 47.2. The van der Waals surface area contributed by atoms with Crippen molar-refractivity contribution in [1.82, 2.24) is 4.90 Å². The van der Waals surface area contributed by atoms with Gasteiger partial charge in [0.05, 0.1) is 18.1 Å². The highest BCUT2D eigenvalue weighted by Crippen LogP contribution is 2.30. The van der Waals surface area contributed by atoms with Crippen molar-refractivity contribution in [3.05, 3.63) is 53.8 Å². The van der Waals surface area contributed by atoms with E-state index in [0.717, 1.165) is 0 Å². The second-order valence-corrected chi connectivity index (χ2v) is 7.90. The van der Waals surface area contributed by atoms with Gasteiger partial charge in [-0.05, 0) is 48.9 Å². The van der Waals surface area contributed by atoms with Crippen LogP contribution in [0, 0.1) is 5.82 Å². The molecule has 168 valence electrons. The zero-order chi connectivity index (χ0) is 23.0. The third-order valence-corrected chi connectivity index (χ3v) is 5.31. The van der Waals surface area contributed by atoms with Gasteiger partial charge in [-0.3, -0.25) is 9.59 Å². The van der Waals surface area contributed by atoms with E-state index in [1.165, 1.54) is 60.2 Å². The monoisotopic (exact) mass is 456 g/mol. The fourth-order valence-electron chi connectivity index (χ4n) is 2.67. The van der Waals surface area contributed by atoms with Crippen molar-refractivity contribution < 1.29 is 32.2 Å². The number of hydrogen-bond acceptors (Lipinski definition) is 5. The molecule has 0 saturated carbocycles. The summed E-state index contributed by atoms with van der Waals surface area (Å²) in [6.45, 7) is -1.06. The van der Waals surface area contributed by atoms with Gasteiger partial charge in [0.1, 0.15) is 5.82 Å². The first-order valence-corrected chi connectivity index (χ1v) is 10.3. The molecule has 1 unspecified atom stereocenters. The van der Waals surface area contributed by atoms with Gasteiger partial charge in [-0.1, -0.05) is 6.07 Å². The smallest absolute Gasteiger partial charge is 0.387 e. The average Bonchev–Trinajstić information content (AvgIpc) is 2.73. The van der Waals surface area contributed by atoms with Crippen molar-refractivity contribution in [3.8, 4) is 11.5 Å². The first-order valence-electron chi connectivity index (χ1n) is 9.23. The van der Waals surface area contributed by atoms with Crippen LogP contribution in [-0.2, 0) is 16.1 Å². The van der Waals surface area contributed by atoms with Gasteiger partial charge < -0.3 is 19.7 Å². The number of anilines is 1. The zero-order valence-corrected chi connectivity index (χ0v) is 18.0. The van der Waals surface area contributed by atoms with E-state index in [4.69, 9.17) is 4.74 Å². The Bertz CT molecular complexity index is 897. The predicted molar refractivity (Wildman–Crippen MR) is 113 cm³/mol. The molecule has 6 nitrogen and oxygen atoms in total. The molecule has 0 saturated heterocycles. The number of halogens is 3. The number of carbonyl (C=O) groups is 2. The molecule has 0 heterocycles. The second kappa shape index (κ2) is 11.5. The first-order chi connectivity index (χ1) is 14.7. The number of methoxy groups -OCH3 is 1.